The van der Waals surface area contributed by atoms with Crippen molar-refractivity contribution in [3.8, 4) is 17.2 Å². The van der Waals surface area contributed by atoms with Crippen molar-refractivity contribution < 1.29 is 31.8 Å². The van der Waals surface area contributed by atoms with E-state index >= 15 is 0 Å². The Kier molecular flexibility index (Phi) is 5.78. The number of alkyl halides is 3. The van der Waals surface area contributed by atoms with Gasteiger partial charge in [0.2, 0.25) is 0 Å². The third kappa shape index (κ3) is 5.57. The van der Waals surface area contributed by atoms with Crippen LogP contribution in [0.15, 0.2) is 42.5 Å². The van der Waals surface area contributed by atoms with Gasteiger partial charge in [-0.05, 0) is 48.9 Å². The number of hydrogen-bond acceptors (Lipinski definition) is 3. The zero-order valence-electron chi connectivity index (χ0n) is 12.5. The molecule has 0 bridgehead atoms. The number of ether oxygens (including phenoxy) is 2. The smallest absolute Gasteiger partial charge is 0.389 e. The fourth-order valence-electron chi connectivity index (χ4n) is 1.90. The second-order valence-electron chi connectivity index (χ2n) is 4.94. The maximum atomic E-state index is 13.0. The second-order valence-corrected chi connectivity index (χ2v) is 4.94. The first-order valence-electron chi connectivity index (χ1n) is 7.09. The number of carbonyl (C=O) groups excluding carboxylic acids is 1. The summed E-state index contributed by atoms with van der Waals surface area (Å²) in [5.41, 5.74) is 0.0717. The van der Waals surface area contributed by atoms with Gasteiger partial charge < -0.3 is 9.47 Å². The van der Waals surface area contributed by atoms with Gasteiger partial charge in [-0.15, -0.1) is 0 Å². The number of carbonyl (C=O) groups is 1. The summed E-state index contributed by atoms with van der Waals surface area (Å²) in [6, 6.07) is 9.70. The van der Waals surface area contributed by atoms with Crippen LogP contribution in [0.25, 0.3) is 0 Å². The lowest BCUT2D eigenvalue weighted by molar-refractivity contribution is -0.136. The van der Waals surface area contributed by atoms with Crippen LogP contribution in [0.2, 0.25) is 0 Å². The van der Waals surface area contributed by atoms with Crippen molar-refractivity contribution in [3.63, 3.8) is 0 Å². The summed E-state index contributed by atoms with van der Waals surface area (Å²) >= 11 is 0. The Hall–Kier alpha value is -2.57. The van der Waals surface area contributed by atoms with E-state index in [9.17, 15) is 22.4 Å². The summed E-state index contributed by atoms with van der Waals surface area (Å²) < 4.78 is 59.8. The molecule has 2 aromatic rings. The molecule has 0 aliphatic carbocycles. The summed E-state index contributed by atoms with van der Waals surface area (Å²) in [6.45, 7) is -0.0486. The molecule has 24 heavy (non-hydrogen) atoms. The van der Waals surface area contributed by atoms with Gasteiger partial charge >= 0.3 is 6.18 Å². The van der Waals surface area contributed by atoms with Gasteiger partial charge in [-0.1, -0.05) is 0 Å². The minimum atomic E-state index is -4.19. The molecule has 0 aliphatic rings. The lowest BCUT2D eigenvalue weighted by atomic mass is 10.2. The Morgan fingerprint density at radius 3 is 2.29 bits per heavy atom. The normalized spacial score (nSPS) is 11.2. The van der Waals surface area contributed by atoms with Gasteiger partial charge in [-0.25, -0.2) is 4.39 Å². The molecule has 0 heterocycles. The van der Waals surface area contributed by atoms with Crippen LogP contribution >= 0.6 is 0 Å². The largest absolute Gasteiger partial charge is 0.494 e. The van der Waals surface area contributed by atoms with Gasteiger partial charge in [0.15, 0.2) is 6.29 Å². The van der Waals surface area contributed by atoms with Gasteiger partial charge in [0, 0.05) is 6.42 Å². The zero-order valence-corrected chi connectivity index (χ0v) is 12.5. The minimum absolute atomic E-state index is 0.0486. The third-order valence-corrected chi connectivity index (χ3v) is 3.02. The molecule has 0 fully saturated rings. The van der Waals surface area contributed by atoms with E-state index < -0.39 is 18.4 Å². The first-order valence-corrected chi connectivity index (χ1v) is 7.09. The lowest BCUT2D eigenvalue weighted by Gasteiger charge is -2.10. The molecule has 0 aliphatic heterocycles. The lowest BCUT2D eigenvalue weighted by Crippen LogP contribution is -2.09. The van der Waals surface area contributed by atoms with Crippen LogP contribution in [0.4, 0.5) is 17.6 Å². The van der Waals surface area contributed by atoms with E-state index in [2.05, 4.69) is 0 Å². The van der Waals surface area contributed by atoms with Crippen molar-refractivity contribution in [1.29, 1.82) is 0 Å². The van der Waals surface area contributed by atoms with Crippen molar-refractivity contribution >= 4 is 6.29 Å². The monoisotopic (exact) mass is 342 g/mol. The topological polar surface area (TPSA) is 35.5 Å². The predicted octanol–water partition coefficient (Wildman–Crippen LogP) is 5.15. The van der Waals surface area contributed by atoms with Crippen LogP contribution in [0.1, 0.15) is 23.2 Å². The number of hydrogen-bond donors (Lipinski definition) is 0. The number of benzene rings is 2. The maximum absolute atomic E-state index is 13.0. The Morgan fingerprint density at radius 1 is 1.00 bits per heavy atom. The average Bonchev–Trinajstić information content (AvgIpc) is 2.54. The van der Waals surface area contributed by atoms with Crippen LogP contribution in [-0.2, 0) is 0 Å². The van der Waals surface area contributed by atoms with Crippen molar-refractivity contribution in [2.75, 3.05) is 6.61 Å². The van der Waals surface area contributed by atoms with Crippen LogP contribution in [-0.4, -0.2) is 19.1 Å². The molecule has 0 saturated carbocycles. The highest BCUT2D eigenvalue weighted by molar-refractivity contribution is 5.79. The molecule has 0 N–H and O–H groups in total. The van der Waals surface area contributed by atoms with Crippen molar-refractivity contribution in [2.45, 2.75) is 19.0 Å². The van der Waals surface area contributed by atoms with Crippen molar-refractivity contribution in [3.05, 3.63) is 53.8 Å². The third-order valence-electron chi connectivity index (χ3n) is 3.02. The molecule has 0 atom stereocenters. The number of rotatable bonds is 7. The molecule has 0 saturated heterocycles. The molecule has 7 heteroatoms. The summed E-state index contributed by atoms with van der Waals surface area (Å²) in [4.78, 5) is 10.9. The standard InChI is InChI=1S/C17H14F4O3/c18-13-2-7-16(12(10-13)11-22)24-15-5-3-14(4-6-15)23-9-1-8-17(19,20)21/h2-7,10-11H,1,8-9H2. The van der Waals surface area contributed by atoms with Crippen LogP contribution in [0.5, 0.6) is 17.2 Å². The van der Waals surface area contributed by atoms with Crippen LogP contribution in [0, 0.1) is 5.82 Å². The summed E-state index contributed by atoms with van der Waals surface area (Å²) in [5.74, 6) is 0.434. The highest BCUT2D eigenvalue weighted by Crippen LogP contribution is 2.27. The van der Waals surface area contributed by atoms with Gasteiger partial charge in [0.1, 0.15) is 23.1 Å². The number of aldehydes is 1. The Balaban J connectivity index is 1.91. The van der Waals surface area contributed by atoms with Crippen molar-refractivity contribution in [1.82, 2.24) is 0 Å². The quantitative estimate of drug-likeness (QED) is 0.396. The van der Waals surface area contributed by atoms with E-state index in [-0.39, 0.29) is 24.3 Å². The average molecular weight is 342 g/mol. The molecule has 3 nitrogen and oxygen atoms in total. The predicted molar refractivity (Wildman–Crippen MR) is 79.1 cm³/mol. The second kappa shape index (κ2) is 7.81. The molecule has 0 amide bonds. The van der Waals surface area contributed by atoms with Gasteiger partial charge in [-0.3, -0.25) is 4.79 Å². The minimum Gasteiger partial charge on any atom is -0.494 e. The SMILES string of the molecule is O=Cc1cc(F)ccc1Oc1ccc(OCCCC(F)(F)F)cc1. The molecular formula is C17H14F4O3. The summed E-state index contributed by atoms with van der Waals surface area (Å²) in [7, 11) is 0. The van der Waals surface area contributed by atoms with E-state index in [1.807, 2.05) is 0 Å². The molecule has 0 spiro atoms. The molecular weight excluding hydrogens is 328 g/mol. The first kappa shape index (κ1) is 17.8. The van der Waals surface area contributed by atoms with Gasteiger partial charge in [-0.2, -0.15) is 13.2 Å². The van der Waals surface area contributed by atoms with Crippen LogP contribution < -0.4 is 9.47 Å². The fraction of sp³-hybridized carbons (Fsp3) is 0.235. The zero-order chi connectivity index (χ0) is 17.6. The van der Waals surface area contributed by atoms with E-state index in [1.54, 1.807) is 0 Å². The fourth-order valence-corrected chi connectivity index (χ4v) is 1.90. The van der Waals surface area contributed by atoms with Gasteiger partial charge in [0.05, 0.1) is 12.2 Å². The molecule has 0 aromatic heterocycles. The van der Waals surface area contributed by atoms with E-state index in [1.165, 1.54) is 36.4 Å². The molecule has 128 valence electrons. The Labute approximate surface area is 135 Å². The number of halogens is 4. The first-order chi connectivity index (χ1) is 11.4. The van der Waals surface area contributed by atoms with E-state index in [0.717, 1.165) is 6.07 Å². The Morgan fingerprint density at radius 2 is 1.67 bits per heavy atom. The summed E-state index contributed by atoms with van der Waals surface area (Å²) in [6.07, 6.45) is -4.73. The summed E-state index contributed by atoms with van der Waals surface area (Å²) in [5, 5.41) is 0. The highest BCUT2D eigenvalue weighted by Gasteiger charge is 2.26. The van der Waals surface area contributed by atoms with Crippen LogP contribution in [0.3, 0.4) is 0 Å². The Bertz CT molecular complexity index is 681. The van der Waals surface area contributed by atoms with E-state index in [4.69, 9.17) is 9.47 Å². The van der Waals surface area contributed by atoms with E-state index in [0.29, 0.717) is 17.8 Å². The molecule has 2 rings (SSSR count). The molecule has 0 radical (unpaired) electrons. The van der Waals surface area contributed by atoms with Crippen molar-refractivity contribution in [2.24, 2.45) is 0 Å². The molecule has 0 unspecified atom stereocenters. The molecule has 2 aromatic carbocycles. The maximum Gasteiger partial charge on any atom is 0.389 e. The van der Waals surface area contributed by atoms with Gasteiger partial charge in [0.25, 0.3) is 0 Å². The highest BCUT2D eigenvalue weighted by atomic mass is 19.4.